The molecule has 0 bridgehead atoms. The fourth-order valence-corrected chi connectivity index (χ4v) is 5.15. The second kappa shape index (κ2) is 11.1. The van der Waals surface area contributed by atoms with Crippen LogP contribution < -0.4 is 15.0 Å². The zero-order valence-electron chi connectivity index (χ0n) is 21.1. The Morgan fingerprint density at radius 2 is 1.76 bits per heavy atom. The van der Waals surface area contributed by atoms with Gasteiger partial charge in [-0.2, -0.15) is 9.78 Å². The topological polar surface area (TPSA) is 65.7 Å². The largest absolute Gasteiger partial charge is 0.493 e. The molecule has 0 saturated carbocycles. The predicted octanol–water partition coefficient (Wildman–Crippen LogP) is 7.67. The third-order valence-corrected chi connectivity index (χ3v) is 7.13. The Hall–Kier alpha value is -3.49. The molecular formula is C30H25Br2N3O3. The van der Waals surface area contributed by atoms with Crippen LogP contribution >= 0.6 is 31.9 Å². The van der Waals surface area contributed by atoms with E-state index in [0.29, 0.717) is 40.4 Å². The highest BCUT2D eigenvalue weighted by atomic mass is 79.9. The van der Waals surface area contributed by atoms with Crippen LogP contribution in [0.25, 0.3) is 21.7 Å². The molecule has 0 unspecified atom stereocenters. The first kappa shape index (κ1) is 26.1. The standard InChI is InChI=1S/C30H25Br2N3O3/c1-18(2)29-34-26-12-11-22(31)14-25(26)30(36)35(29)33-16-21-13-23(32)15-27(37-3)28(21)38-17-20-9-6-8-19-7-4-5-10-24(19)20/h4-16,18H,17H2,1-3H3. The zero-order valence-corrected chi connectivity index (χ0v) is 24.3. The second-order valence-corrected chi connectivity index (χ2v) is 10.9. The van der Waals surface area contributed by atoms with Crippen LogP contribution in [-0.2, 0) is 6.61 Å². The van der Waals surface area contributed by atoms with Crippen LogP contribution in [0.5, 0.6) is 11.5 Å². The first-order chi connectivity index (χ1) is 18.4. The first-order valence-electron chi connectivity index (χ1n) is 12.1. The molecule has 6 nitrogen and oxygen atoms in total. The van der Waals surface area contributed by atoms with Crippen LogP contribution in [0.15, 0.2) is 91.6 Å². The minimum Gasteiger partial charge on any atom is -0.493 e. The maximum atomic E-state index is 13.5. The number of ether oxygens (including phenoxy) is 2. The summed E-state index contributed by atoms with van der Waals surface area (Å²) >= 11 is 7.00. The summed E-state index contributed by atoms with van der Waals surface area (Å²) in [6.07, 6.45) is 1.62. The SMILES string of the molecule is COc1cc(Br)cc(C=Nn2c(C(C)C)nc3ccc(Br)cc3c2=O)c1OCc1cccc2ccccc12. The van der Waals surface area contributed by atoms with Crippen LogP contribution in [0.2, 0.25) is 0 Å². The molecule has 0 saturated heterocycles. The van der Waals surface area contributed by atoms with Crippen molar-refractivity contribution in [2.75, 3.05) is 7.11 Å². The highest BCUT2D eigenvalue weighted by molar-refractivity contribution is 9.10. The summed E-state index contributed by atoms with van der Waals surface area (Å²) in [5, 5.41) is 7.37. The molecule has 38 heavy (non-hydrogen) atoms. The summed E-state index contributed by atoms with van der Waals surface area (Å²) in [5.41, 5.74) is 2.11. The lowest BCUT2D eigenvalue weighted by Gasteiger charge is -2.16. The van der Waals surface area contributed by atoms with E-state index in [0.717, 1.165) is 25.3 Å². The van der Waals surface area contributed by atoms with Crippen molar-refractivity contribution in [3.63, 3.8) is 0 Å². The van der Waals surface area contributed by atoms with Crippen LogP contribution in [0.1, 0.15) is 36.7 Å². The molecule has 0 N–H and O–H groups in total. The maximum Gasteiger partial charge on any atom is 0.282 e. The molecule has 1 heterocycles. The van der Waals surface area contributed by atoms with E-state index in [4.69, 9.17) is 14.5 Å². The van der Waals surface area contributed by atoms with Gasteiger partial charge in [0.1, 0.15) is 12.4 Å². The van der Waals surface area contributed by atoms with Gasteiger partial charge in [0.2, 0.25) is 0 Å². The van der Waals surface area contributed by atoms with Gasteiger partial charge in [-0.15, -0.1) is 0 Å². The Morgan fingerprint density at radius 3 is 2.55 bits per heavy atom. The van der Waals surface area contributed by atoms with Crippen molar-refractivity contribution in [3.8, 4) is 11.5 Å². The highest BCUT2D eigenvalue weighted by Crippen LogP contribution is 2.35. The molecule has 5 rings (SSSR count). The van der Waals surface area contributed by atoms with Crippen molar-refractivity contribution in [2.24, 2.45) is 5.10 Å². The Bertz CT molecular complexity index is 1740. The van der Waals surface area contributed by atoms with Gasteiger partial charge in [0.15, 0.2) is 11.5 Å². The van der Waals surface area contributed by atoms with E-state index < -0.39 is 0 Å². The average Bonchev–Trinajstić information content (AvgIpc) is 2.91. The molecule has 4 aromatic carbocycles. The third-order valence-electron chi connectivity index (χ3n) is 6.18. The summed E-state index contributed by atoms with van der Waals surface area (Å²) in [6.45, 7) is 4.31. The summed E-state index contributed by atoms with van der Waals surface area (Å²) in [5.74, 6) is 1.63. The van der Waals surface area contributed by atoms with E-state index in [1.165, 1.54) is 4.68 Å². The number of halogens is 2. The molecule has 0 aliphatic heterocycles. The molecule has 8 heteroatoms. The number of hydrogen-bond acceptors (Lipinski definition) is 5. The Balaban J connectivity index is 1.58. The van der Waals surface area contributed by atoms with Gasteiger partial charge in [-0.05, 0) is 46.7 Å². The highest BCUT2D eigenvalue weighted by Gasteiger charge is 2.16. The van der Waals surface area contributed by atoms with E-state index in [9.17, 15) is 4.79 Å². The van der Waals surface area contributed by atoms with Gasteiger partial charge < -0.3 is 9.47 Å². The summed E-state index contributed by atoms with van der Waals surface area (Å²) in [6, 6.07) is 23.6. The second-order valence-electron chi connectivity index (χ2n) is 9.10. The molecule has 0 radical (unpaired) electrons. The molecule has 0 spiro atoms. The minimum atomic E-state index is -0.239. The van der Waals surface area contributed by atoms with Crippen LogP contribution in [0.4, 0.5) is 0 Å². The van der Waals surface area contributed by atoms with Gasteiger partial charge in [0, 0.05) is 20.4 Å². The minimum absolute atomic E-state index is 0.0213. The fourth-order valence-electron chi connectivity index (χ4n) is 4.33. The maximum absolute atomic E-state index is 13.5. The van der Waals surface area contributed by atoms with Gasteiger partial charge in [0.25, 0.3) is 5.56 Å². The number of benzene rings is 4. The van der Waals surface area contributed by atoms with E-state index >= 15 is 0 Å². The van der Waals surface area contributed by atoms with Crippen molar-refractivity contribution >= 4 is 59.7 Å². The average molecular weight is 635 g/mol. The zero-order chi connectivity index (χ0) is 26.8. The number of aromatic nitrogens is 2. The fraction of sp³-hybridized carbons (Fsp3) is 0.167. The van der Waals surface area contributed by atoms with Crippen LogP contribution in [0.3, 0.4) is 0 Å². The van der Waals surface area contributed by atoms with Crippen molar-refractivity contribution in [3.05, 3.63) is 109 Å². The molecular weight excluding hydrogens is 610 g/mol. The lowest BCUT2D eigenvalue weighted by Crippen LogP contribution is -2.23. The van der Waals surface area contributed by atoms with E-state index in [1.807, 2.05) is 56.3 Å². The van der Waals surface area contributed by atoms with E-state index in [-0.39, 0.29) is 11.5 Å². The normalized spacial score (nSPS) is 11.6. The number of rotatable bonds is 7. The van der Waals surface area contributed by atoms with Gasteiger partial charge in [-0.25, -0.2) is 4.98 Å². The number of fused-ring (bicyclic) bond motifs is 2. The van der Waals surface area contributed by atoms with Gasteiger partial charge in [-0.1, -0.05) is 88.2 Å². The molecule has 192 valence electrons. The molecule has 0 fully saturated rings. The van der Waals surface area contributed by atoms with Crippen molar-refractivity contribution < 1.29 is 9.47 Å². The van der Waals surface area contributed by atoms with Crippen molar-refractivity contribution in [2.45, 2.75) is 26.4 Å². The van der Waals surface area contributed by atoms with Gasteiger partial charge in [-0.3, -0.25) is 4.79 Å². The molecule has 0 aliphatic rings. The summed E-state index contributed by atoms with van der Waals surface area (Å²) in [7, 11) is 1.60. The molecule has 1 aromatic heterocycles. The first-order valence-corrected chi connectivity index (χ1v) is 13.7. The summed E-state index contributed by atoms with van der Waals surface area (Å²) in [4.78, 5) is 18.2. The van der Waals surface area contributed by atoms with E-state index in [2.05, 4.69) is 61.2 Å². The smallest absolute Gasteiger partial charge is 0.282 e. The molecule has 0 atom stereocenters. The quantitative estimate of drug-likeness (QED) is 0.172. The Morgan fingerprint density at radius 1 is 0.974 bits per heavy atom. The molecule has 5 aromatic rings. The van der Waals surface area contributed by atoms with Gasteiger partial charge in [0.05, 0.1) is 24.2 Å². The Labute approximate surface area is 237 Å². The molecule has 0 aliphatic carbocycles. The third kappa shape index (κ3) is 5.24. The predicted molar refractivity (Wildman–Crippen MR) is 160 cm³/mol. The monoisotopic (exact) mass is 633 g/mol. The van der Waals surface area contributed by atoms with Crippen molar-refractivity contribution in [1.29, 1.82) is 0 Å². The van der Waals surface area contributed by atoms with E-state index in [1.54, 1.807) is 19.4 Å². The van der Waals surface area contributed by atoms with Crippen LogP contribution in [-0.4, -0.2) is 23.0 Å². The lowest BCUT2D eigenvalue weighted by atomic mass is 10.1. The number of nitrogens with zero attached hydrogens (tertiary/aromatic N) is 3. The lowest BCUT2D eigenvalue weighted by molar-refractivity contribution is 0.285. The molecule has 0 amide bonds. The number of methoxy groups -OCH3 is 1. The van der Waals surface area contributed by atoms with Gasteiger partial charge >= 0.3 is 0 Å². The summed E-state index contributed by atoms with van der Waals surface area (Å²) < 4.78 is 15.0. The van der Waals surface area contributed by atoms with Crippen LogP contribution in [0, 0.1) is 0 Å². The Kier molecular flexibility index (Phi) is 7.63. The van der Waals surface area contributed by atoms with Crippen molar-refractivity contribution in [1.82, 2.24) is 9.66 Å². The number of hydrogen-bond donors (Lipinski definition) is 0.